The number of hydrogen-bond acceptors (Lipinski definition) is 0. The van der Waals surface area contributed by atoms with Crippen molar-refractivity contribution in [1.29, 1.82) is 0 Å². The van der Waals surface area contributed by atoms with Gasteiger partial charge in [0.1, 0.15) is 11.6 Å². The van der Waals surface area contributed by atoms with Gasteiger partial charge in [0.05, 0.1) is 0 Å². The molecule has 0 fully saturated rings. The van der Waals surface area contributed by atoms with E-state index in [-0.39, 0.29) is 19.5 Å². The van der Waals surface area contributed by atoms with E-state index in [1.807, 2.05) is 0 Å². The number of halogens is 2. The van der Waals surface area contributed by atoms with Crippen LogP contribution in [-0.4, -0.2) is 0 Å². The molecule has 0 N–H and O–H groups in total. The molecule has 3 heteroatoms. The maximum atomic E-state index is 12.1. The Labute approximate surface area is 71.0 Å². The summed E-state index contributed by atoms with van der Waals surface area (Å²) in [5.41, 5.74) is 0.354. The zero-order valence-electron chi connectivity index (χ0n) is 5.40. The summed E-state index contributed by atoms with van der Waals surface area (Å²) in [7, 11) is 0. The van der Waals surface area contributed by atoms with E-state index in [1.165, 1.54) is 12.1 Å². The summed E-state index contributed by atoms with van der Waals surface area (Å²) in [5, 5.41) is 0. The van der Waals surface area contributed by atoms with Crippen LogP contribution in [0, 0.1) is 18.6 Å². The summed E-state index contributed by atoms with van der Waals surface area (Å²) < 4.78 is 24.3. The van der Waals surface area contributed by atoms with Crippen molar-refractivity contribution in [2.75, 3.05) is 0 Å². The van der Waals surface area contributed by atoms with Gasteiger partial charge in [0, 0.05) is 25.5 Å². The van der Waals surface area contributed by atoms with Gasteiger partial charge >= 0.3 is 0 Å². The van der Waals surface area contributed by atoms with E-state index in [9.17, 15) is 8.78 Å². The van der Waals surface area contributed by atoms with Gasteiger partial charge in [-0.3, -0.25) is 0 Å². The molecule has 1 aromatic rings. The van der Waals surface area contributed by atoms with Gasteiger partial charge in [-0.1, -0.05) is 0 Å². The molecule has 0 nitrogen and oxygen atoms in total. The van der Waals surface area contributed by atoms with Gasteiger partial charge in [-0.05, 0) is 24.6 Å². The van der Waals surface area contributed by atoms with Crippen molar-refractivity contribution in [3.05, 3.63) is 42.3 Å². The number of benzene rings is 1. The smallest absolute Gasteiger partial charge is 0.126 e. The Balaban J connectivity index is 0.000000810. The summed E-state index contributed by atoms with van der Waals surface area (Å²) in [5.74, 6) is -1.17. The summed E-state index contributed by atoms with van der Waals surface area (Å²) in [6.45, 7) is 3.36. The van der Waals surface area contributed by atoms with Crippen molar-refractivity contribution in [2.45, 2.75) is 0 Å². The molecule has 0 heterocycles. The van der Waals surface area contributed by atoms with Crippen LogP contribution in [0.2, 0.25) is 0 Å². The Morgan fingerprint density at radius 1 is 1.00 bits per heavy atom. The SMILES string of the molecule is [CH2]c1cc(F)cc(F)c1.[Zn]. The standard InChI is InChI=1S/C7H5F2.Zn/c1-5-2-6(8)4-7(9)3-5;/h2-4H,1H2;. The molecule has 0 bridgehead atoms. The third kappa shape index (κ3) is 2.53. The third-order valence-electron chi connectivity index (χ3n) is 0.922. The largest absolute Gasteiger partial charge is 0.207 e. The fraction of sp³-hybridized carbons (Fsp3) is 0. The monoisotopic (exact) mass is 191 g/mol. The molecule has 0 aliphatic rings. The molecule has 0 spiro atoms. The molecule has 0 unspecified atom stereocenters. The molecular formula is C7H5F2Zn. The van der Waals surface area contributed by atoms with Crippen molar-refractivity contribution in [1.82, 2.24) is 0 Å². The van der Waals surface area contributed by atoms with Crippen LogP contribution in [0.1, 0.15) is 5.56 Å². The normalized spacial score (nSPS) is 8.70. The topological polar surface area (TPSA) is 0 Å². The van der Waals surface area contributed by atoms with Crippen LogP contribution in [0.25, 0.3) is 0 Å². The second kappa shape index (κ2) is 3.77. The molecule has 0 aromatic heterocycles. The Morgan fingerprint density at radius 3 is 1.70 bits per heavy atom. The van der Waals surface area contributed by atoms with E-state index in [2.05, 4.69) is 6.92 Å². The molecule has 0 aliphatic heterocycles. The van der Waals surface area contributed by atoms with E-state index >= 15 is 0 Å². The molecule has 10 heavy (non-hydrogen) atoms. The predicted octanol–water partition coefficient (Wildman–Crippen LogP) is 2.14. The van der Waals surface area contributed by atoms with Gasteiger partial charge in [0.15, 0.2) is 0 Å². The Kier molecular flexibility index (Phi) is 3.66. The average molecular weight is 193 g/mol. The number of hydrogen-bond donors (Lipinski definition) is 0. The Hall–Kier alpha value is -0.297. The summed E-state index contributed by atoms with van der Waals surface area (Å²) in [6.07, 6.45) is 0. The van der Waals surface area contributed by atoms with Crippen LogP contribution in [0.4, 0.5) is 8.78 Å². The first-order chi connectivity index (χ1) is 4.18. The van der Waals surface area contributed by atoms with Crippen molar-refractivity contribution in [3.8, 4) is 0 Å². The van der Waals surface area contributed by atoms with Crippen LogP contribution in [0.5, 0.6) is 0 Å². The van der Waals surface area contributed by atoms with E-state index in [0.29, 0.717) is 5.56 Å². The first-order valence-electron chi connectivity index (χ1n) is 2.46. The first-order valence-corrected chi connectivity index (χ1v) is 2.46. The third-order valence-corrected chi connectivity index (χ3v) is 0.922. The molecule has 1 radical (unpaired) electrons. The maximum absolute atomic E-state index is 12.1. The molecule has 1 rings (SSSR count). The van der Waals surface area contributed by atoms with Gasteiger partial charge in [-0.15, -0.1) is 0 Å². The van der Waals surface area contributed by atoms with E-state index in [4.69, 9.17) is 0 Å². The van der Waals surface area contributed by atoms with Crippen LogP contribution >= 0.6 is 0 Å². The molecular weight excluding hydrogens is 187 g/mol. The average Bonchev–Trinajstić information content (AvgIpc) is 1.59. The van der Waals surface area contributed by atoms with Crippen LogP contribution in [0.3, 0.4) is 0 Å². The van der Waals surface area contributed by atoms with Gasteiger partial charge in [-0.25, -0.2) is 8.78 Å². The van der Waals surface area contributed by atoms with Gasteiger partial charge in [0.25, 0.3) is 0 Å². The van der Waals surface area contributed by atoms with Crippen molar-refractivity contribution in [2.24, 2.45) is 0 Å². The van der Waals surface area contributed by atoms with Crippen LogP contribution < -0.4 is 0 Å². The van der Waals surface area contributed by atoms with E-state index in [1.54, 1.807) is 0 Å². The zero-order chi connectivity index (χ0) is 6.85. The number of rotatable bonds is 0. The summed E-state index contributed by atoms with van der Waals surface area (Å²) >= 11 is 0. The second-order valence-electron chi connectivity index (χ2n) is 1.78. The maximum Gasteiger partial charge on any atom is 0.126 e. The second-order valence-corrected chi connectivity index (χ2v) is 1.78. The fourth-order valence-corrected chi connectivity index (χ4v) is 0.611. The minimum atomic E-state index is -0.583. The Bertz CT molecular complexity index is 172. The summed E-state index contributed by atoms with van der Waals surface area (Å²) in [6, 6.07) is 3.15. The van der Waals surface area contributed by atoms with Crippen molar-refractivity contribution < 1.29 is 28.3 Å². The van der Waals surface area contributed by atoms with Gasteiger partial charge < -0.3 is 0 Å². The molecule has 0 aliphatic carbocycles. The van der Waals surface area contributed by atoms with Crippen LogP contribution in [-0.2, 0) is 19.5 Å². The quantitative estimate of drug-likeness (QED) is 0.553. The minimum absolute atomic E-state index is 0. The van der Waals surface area contributed by atoms with E-state index < -0.39 is 11.6 Å². The molecule has 1 aromatic carbocycles. The molecule has 0 saturated heterocycles. The van der Waals surface area contributed by atoms with Gasteiger partial charge in [-0.2, -0.15) is 0 Å². The predicted molar refractivity (Wildman–Crippen MR) is 30.8 cm³/mol. The van der Waals surface area contributed by atoms with Crippen molar-refractivity contribution in [3.63, 3.8) is 0 Å². The fourth-order valence-electron chi connectivity index (χ4n) is 0.611. The molecule has 0 saturated carbocycles. The zero-order valence-corrected chi connectivity index (χ0v) is 8.37. The van der Waals surface area contributed by atoms with Crippen LogP contribution in [0.15, 0.2) is 18.2 Å². The van der Waals surface area contributed by atoms with E-state index in [0.717, 1.165) is 6.07 Å². The van der Waals surface area contributed by atoms with Crippen molar-refractivity contribution >= 4 is 0 Å². The molecule has 49 valence electrons. The van der Waals surface area contributed by atoms with Gasteiger partial charge in [0.2, 0.25) is 0 Å². The first kappa shape index (κ1) is 9.70. The Morgan fingerprint density at radius 2 is 1.40 bits per heavy atom. The summed E-state index contributed by atoms with van der Waals surface area (Å²) in [4.78, 5) is 0. The minimum Gasteiger partial charge on any atom is -0.207 e. The molecule has 0 atom stereocenters. The molecule has 0 amide bonds.